The van der Waals surface area contributed by atoms with Crippen molar-refractivity contribution in [3.63, 3.8) is 0 Å². The molecule has 8 heteroatoms. The van der Waals surface area contributed by atoms with Crippen LogP contribution in [-0.4, -0.2) is 14.3 Å². The van der Waals surface area contributed by atoms with Gasteiger partial charge >= 0.3 is 0 Å². The van der Waals surface area contributed by atoms with Crippen molar-refractivity contribution in [1.82, 2.24) is 0 Å². The van der Waals surface area contributed by atoms with Gasteiger partial charge in [-0.3, -0.25) is 9.52 Å². The fraction of sp³-hybridized carbons (Fsp3) is 0.115. The van der Waals surface area contributed by atoms with Crippen LogP contribution >= 0.6 is 0 Å². The quantitative estimate of drug-likeness (QED) is 0.339. The number of rotatable bonds is 9. The summed E-state index contributed by atoms with van der Waals surface area (Å²) >= 11 is 0. The van der Waals surface area contributed by atoms with Gasteiger partial charge in [0.15, 0.2) is 0 Å². The van der Waals surface area contributed by atoms with E-state index >= 15 is 0 Å². The number of hydrogen-bond acceptors (Lipinski definition) is 5. The van der Waals surface area contributed by atoms with Crippen LogP contribution in [0.5, 0.6) is 0 Å². The lowest BCUT2D eigenvalue weighted by atomic mass is 10.2. The number of sulfonamides is 1. The van der Waals surface area contributed by atoms with Crippen molar-refractivity contribution in [3.8, 4) is 0 Å². The second-order valence-corrected chi connectivity index (χ2v) is 9.41. The molecule has 1 aromatic heterocycles. The third kappa shape index (κ3) is 6.12. The Morgan fingerprint density at radius 3 is 2.47 bits per heavy atom. The molecule has 2 N–H and O–H groups in total. The molecule has 0 unspecified atom stereocenters. The van der Waals surface area contributed by atoms with Crippen LogP contribution in [0, 0.1) is 6.92 Å². The van der Waals surface area contributed by atoms with Gasteiger partial charge in [0.25, 0.3) is 15.9 Å². The number of furan rings is 1. The molecule has 174 valence electrons. The second kappa shape index (κ2) is 10.4. The van der Waals surface area contributed by atoms with Crippen molar-refractivity contribution in [2.45, 2.75) is 25.0 Å². The van der Waals surface area contributed by atoms with Gasteiger partial charge in [-0.15, -0.1) is 0 Å². The minimum atomic E-state index is -3.85. The molecule has 34 heavy (non-hydrogen) atoms. The Bertz CT molecular complexity index is 1380. The molecule has 0 atom stereocenters. The first-order chi connectivity index (χ1) is 16.4. The van der Waals surface area contributed by atoms with Crippen LogP contribution in [0.3, 0.4) is 0 Å². The normalized spacial score (nSPS) is 11.2. The number of ether oxygens (including phenoxy) is 1. The minimum Gasteiger partial charge on any atom is -0.467 e. The van der Waals surface area contributed by atoms with Gasteiger partial charge in [-0.2, -0.15) is 0 Å². The number of carbonyl (C=O) groups is 1. The Morgan fingerprint density at radius 1 is 0.882 bits per heavy atom. The van der Waals surface area contributed by atoms with E-state index in [-0.39, 0.29) is 10.5 Å². The number of aryl methyl sites for hydroxylation is 1. The average molecular weight is 477 g/mol. The summed E-state index contributed by atoms with van der Waals surface area (Å²) in [5.74, 6) is 0.317. The van der Waals surface area contributed by atoms with E-state index in [9.17, 15) is 13.2 Å². The van der Waals surface area contributed by atoms with Crippen LogP contribution in [0.1, 0.15) is 27.2 Å². The molecule has 3 aromatic carbocycles. The van der Waals surface area contributed by atoms with Crippen molar-refractivity contribution in [2.24, 2.45) is 0 Å². The van der Waals surface area contributed by atoms with Crippen LogP contribution < -0.4 is 10.0 Å². The Kier molecular flexibility index (Phi) is 7.10. The molecule has 1 heterocycles. The summed E-state index contributed by atoms with van der Waals surface area (Å²) in [5, 5.41) is 2.81. The largest absolute Gasteiger partial charge is 0.467 e. The highest BCUT2D eigenvalue weighted by atomic mass is 32.2. The maximum Gasteiger partial charge on any atom is 0.261 e. The van der Waals surface area contributed by atoms with Crippen molar-refractivity contribution < 1.29 is 22.4 Å². The lowest BCUT2D eigenvalue weighted by Gasteiger charge is -2.11. The molecule has 0 bridgehead atoms. The zero-order chi connectivity index (χ0) is 24.0. The predicted molar refractivity (Wildman–Crippen MR) is 130 cm³/mol. The number of benzene rings is 3. The molecule has 0 aliphatic heterocycles. The molecular weight excluding hydrogens is 452 g/mol. The topological polar surface area (TPSA) is 97.6 Å². The lowest BCUT2D eigenvalue weighted by Crippen LogP contribution is -2.16. The van der Waals surface area contributed by atoms with Gasteiger partial charge in [-0.25, -0.2) is 8.42 Å². The molecule has 4 aromatic rings. The van der Waals surface area contributed by atoms with E-state index in [0.29, 0.717) is 24.6 Å². The van der Waals surface area contributed by atoms with Gasteiger partial charge in [-0.05, 0) is 72.6 Å². The van der Waals surface area contributed by atoms with Gasteiger partial charge in [0.05, 0.1) is 17.8 Å². The summed E-state index contributed by atoms with van der Waals surface area (Å²) in [7, 11) is -3.85. The number of anilines is 2. The molecule has 0 radical (unpaired) electrons. The highest BCUT2D eigenvalue weighted by Gasteiger charge is 2.17. The molecular formula is C26H24N2O5S. The fourth-order valence-corrected chi connectivity index (χ4v) is 4.43. The highest BCUT2D eigenvalue weighted by molar-refractivity contribution is 7.92. The zero-order valence-electron chi connectivity index (χ0n) is 18.5. The number of hydrogen-bond donors (Lipinski definition) is 2. The smallest absolute Gasteiger partial charge is 0.261 e. The average Bonchev–Trinajstić information content (AvgIpc) is 3.33. The summed E-state index contributed by atoms with van der Waals surface area (Å²) < 4.78 is 39.1. The van der Waals surface area contributed by atoms with E-state index in [2.05, 4.69) is 10.0 Å². The first-order valence-electron chi connectivity index (χ1n) is 10.6. The molecule has 0 spiro atoms. The van der Waals surface area contributed by atoms with Gasteiger partial charge in [0.2, 0.25) is 0 Å². The summed E-state index contributed by atoms with van der Waals surface area (Å²) in [4.78, 5) is 12.8. The third-order valence-corrected chi connectivity index (χ3v) is 6.33. The van der Waals surface area contributed by atoms with Gasteiger partial charge in [-0.1, -0.05) is 30.3 Å². The molecule has 0 aliphatic rings. The summed E-state index contributed by atoms with van der Waals surface area (Å²) in [5.41, 5.74) is 3.08. The van der Waals surface area contributed by atoms with Crippen LogP contribution in [0.4, 0.5) is 11.4 Å². The molecule has 0 fully saturated rings. The Morgan fingerprint density at radius 2 is 1.68 bits per heavy atom. The number of carbonyl (C=O) groups excluding carboxylic acids is 1. The maximum absolute atomic E-state index is 12.8. The predicted octanol–water partition coefficient (Wildman–Crippen LogP) is 5.36. The van der Waals surface area contributed by atoms with Crippen molar-refractivity contribution >= 4 is 27.3 Å². The zero-order valence-corrected chi connectivity index (χ0v) is 19.3. The van der Waals surface area contributed by atoms with E-state index in [1.807, 2.05) is 31.2 Å². The van der Waals surface area contributed by atoms with Crippen LogP contribution in [-0.2, 0) is 28.0 Å². The molecule has 1 amide bonds. The molecule has 0 saturated carbocycles. The lowest BCUT2D eigenvalue weighted by molar-refractivity contribution is 0.0929. The van der Waals surface area contributed by atoms with E-state index in [1.54, 1.807) is 54.8 Å². The Labute approximate surface area is 198 Å². The first kappa shape index (κ1) is 23.3. The molecule has 0 aliphatic carbocycles. The molecule has 4 rings (SSSR count). The van der Waals surface area contributed by atoms with Crippen LogP contribution in [0.25, 0.3) is 0 Å². The Balaban J connectivity index is 1.42. The number of amides is 1. The van der Waals surface area contributed by atoms with E-state index in [1.165, 1.54) is 12.1 Å². The number of nitrogens with one attached hydrogen (secondary N) is 2. The van der Waals surface area contributed by atoms with E-state index < -0.39 is 15.9 Å². The summed E-state index contributed by atoms with van der Waals surface area (Å²) in [6.45, 7) is 2.58. The molecule has 7 nitrogen and oxygen atoms in total. The summed E-state index contributed by atoms with van der Waals surface area (Å²) in [6.07, 6.45) is 1.59. The van der Waals surface area contributed by atoms with Crippen molar-refractivity contribution in [3.05, 3.63) is 114 Å². The second-order valence-electron chi connectivity index (χ2n) is 7.73. The third-order valence-electron chi connectivity index (χ3n) is 4.95. The van der Waals surface area contributed by atoms with Gasteiger partial charge in [0, 0.05) is 16.9 Å². The van der Waals surface area contributed by atoms with Gasteiger partial charge in [0.1, 0.15) is 12.4 Å². The Hall–Kier alpha value is -3.88. The first-order valence-corrected chi connectivity index (χ1v) is 12.1. The molecule has 0 saturated heterocycles. The van der Waals surface area contributed by atoms with Crippen LogP contribution in [0.2, 0.25) is 0 Å². The SMILES string of the molecule is Cc1cccc(NS(=O)(=O)c2cccc(C(=O)Nc3cccc(COCc4ccco4)c3)c2)c1. The summed E-state index contributed by atoms with van der Waals surface area (Å²) in [6, 6.07) is 23.9. The van der Waals surface area contributed by atoms with E-state index in [0.717, 1.165) is 16.9 Å². The van der Waals surface area contributed by atoms with E-state index in [4.69, 9.17) is 9.15 Å². The van der Waals surface area contributed by atoms with Crippen molar-refractivity contribution in [2.75, 3.05) is 10.0 Å². The van der Waals surface area contributed by atoms with Crippen molar-refractivity contribution in [1.29, 1.82) is 0 Å². The monoisotopic (exact) mass is 476 g/mol. The van der Waals surface area contributed by atoms with Crippen LogP contribution in [0.15, 0.2) is 101 Å². The highest BCUT2D eigenvalue weighted by Crippen LogP contribution is 2.19. The standard InChI is InChI=1S/C26H24N2O5S/c1-19-6-2-10-23(14-19)28-34(30,31)25-12-4-8-21(16-25)26(29)27-22-9-3-7-20(15-22)17-32-18-24-11-5-13-33-24/h2-16,28H,17-18H2,1H3,(H,27,29). The van der Waals surface area contributed by atoms with Gasteiger partial charge < -0.3 is 14.5 Å². The fourth-order valence-electron chi connectivity index (χ4n) is 3.33. The maximum atomic E-state index is 12.8. The minimum absolute atomic E-state index is 0.00160.